The summed E-state index contributed by atoms with van der Waals surface area (Å²) >= 11 is 0. The minimum absolute atomic E-state index is 0.147. The van der Waals surface area contributed by atoms with E-state index in [0.29, 0.717) is 37.6 Å². The minimum Gasteiger partial charge on any atom is -0.486 e. The van der Waals surface area contributed by atoms with E-state index in [9.17, 15) is 13.5 Å². The molecule has 0 spiro atoms. The van der Waals surface area contributed by atoms with Crippen molar-refractivity contribution in [2.45, 2.75) is 36.3 Å². The molecule has 0 atom stereocenters. The third-order valence-electron chi connectivity index (χ3n) is 3.52. The van der Waals surface area contributed by atoms with Gasteiger partial charge in [-0.1, -0.05) is 0 Å². The number of nitrogens with one attached hydrogen (secondary N) is 1. The van der Waals surface area contributed by atoms with Crippen molar-refractivity contribution in [2.75, 3.05) is 13.2 Å². The molecule has 1 heterocycles. The SMILES string of the molecule is CC1(O)CC(NS(=O)(=O)c2ccc3c(c2)OCCO3)C1. The molecule has 1 saturated carbocycles. The predicted molar refractivity (Wildman–Crippen MR) is 71.4 cm³/mol. The van der Waals surface area contributed by atoms with Crippen LogP contribution < -0.4 is 14.2 Å². The molecule has 1 aromatic carbocycles. The van der Waals surface area contributed by atoms with E-state index in [4.69, 9.17) is 9.47 Å². The number of ether oxygens (including phenoxy) is 2. The van der Waals surface area contributed by atoms with Crippen LogP contribution in [0.25, 0.3) is 0 Å². The van der Waals surface area contributed by atoms with Gasteiger partial charge in [0.15, 0.2) is 11.5 Å². The van der Waals surface area contributed by atoms with Gasteiger partial charge < -0.3 is 14.6 Å². The molecule has 0 unspecified atom stereocenters. The topological polar surface area (TPSA) is 84.9 Å². The Bertz CT molecular complexity index is 618. The second kappa shape index (κ2) is 4.61. The van der Waals surface area contributed by atoms with E-state index < -0.39 is 15.6 Å². The van der Waals surface area contributed by atoms with Crippen molar-refractivity contribution in [3.05, 3.63) is 18.2 Å². The molecule has 2 aliphatic rings. The van der Waals surface area contributed by atoms with Gasteiger partial charge in [-0.25, -0.2) is 13.1 Å². The minimum atomic E-state index is -3.60. The quantitative estimate of drug-likeness (QED) is 0.856. The van der Waals surface area contributed by atoms with Crippen LogP contribution in [-0.4, -0.2) is 38.4 Å². The fraction of sp³-hybridized carbons (Fsp3) is 0.538. The first-order valence-corrected chi connectivity index (χ1v) is 7.98. The molecule has 3 rings (SSSR count). The summed E-state index contributed by atoms with van der Waals surface area (Å²) in [4.78, 5) is 0.147. The standard InChI is InChI=1S/C13H17NO5S/c1-13(15)7-9(8-13)14-20(16,17)10-2-3-11-12(6-10)19-5-4-18-11/h2-3,6,9,14-15H,4-5,7-8H2,1H3. The van der Waals surface area contributed by atoms with Crippen LogP contribution in [0.5, 0.6) is 11.5 Å². The Labute approximate surface area is 117 Å². The third kappa shape index (κ3) is 2.61. The molecule has 110 valence electrons. The van der Waals surface area contributed by atoms with Crippen LogP contribution in [0.15, 0.2) is 23.1 Å². The summed E-state index contributed by atoms with van der Waals surface area (Å²) in [7, 11) is -3.60. The van der Waals surface area contributed by atoms with Gasteiger partial charge in [-0.2, -0.15) is 0 Å². The van der Waals surface area contributed by atoms with Crippen molar-refractivity contribution in [2.24, 2.45) is 0 Å². The monoisotopic (exact) mass is 299 g/mol. The molecule has 0 amide bonds. The summed E-state index contributed by atoms with van der Waals surface area (Å²) in [5.74, 6) is 1.00. The summed E-state index contributed by atoms with van der Waals surface area (Å²) in [5.41, 5.74) is -0.764. The van der Waals surface area contributed by atoms with E-state index in [1.807, 2.05) is 0 Å². The van der Waals surface area contributed by atoms with Crippen LogP contribution in [0.2, 0.25) is 0 Å². The van der Waals surface area contributed by atoms with Crippen molar-refractivity contribution in [1.82, 2.24) is 4.72 Å². The lowest BCUT2D eigenvalue weighted by molar-refractivity contribution is -0.0329. The van der Waals surface area contributed by atoms with Crippen molar-refractivity contribution in [1.29, 1.82) is 0 Å². The normalized spacial score (nSPS) is 28.8. The van der Waals surface area contributed by atoms with Crippen molar-refractivity contribution in [3.8, 4) is 11.5 Å². The highest BCUT2D eigenvalue weighted by Gasteiger charge is 2.40. The van der Waals surface area contributed by atoms with Crippen molar-refractivity contribution >= 4 is 10.0 Å². The van der Waals surface area contributed by atoms with Gasteiger partial charge in [0.25, 0.3) is 0 Å². The van der Waals surface area contributed by atoms with Gasteiger partial charge in [-0.05, 0) is 31.9 Å². The maximum atomic E-state index is 12.2. The largest absolute Gasteiger partial charge is 0.486 e. The van der Waals surface area contributed by atoms with Crippen LogP contribution in [0.4, 0.5) is 0 Å². The molecule has 7 heteroatoms. The summed E-state index contributed by atoms with van der Waals surface area (Å²) in [6, 6.07) is 4.34. The molecule has 1 aliphatic carbocycles. The summed E-state index contributed by atoms with van der Waals surface area (Å²) in [6.07, 6.45) is 0.855. The number of sulfonamides is 1. The van der Waals surface area contributed by atoms with E-state index in [2.05, 4.69) is 4.72 Å². The molecule has 0 bridgehead atoms. The zero-order chi connectivity index (χ0) is 14.4. The molecule has 20 heavy (non-hydrogen) atoms. The van der Waals surface area contributed by atoms with Crippen LogP contribution in [0.1, 0.15) is 19.8 Å². The maximum absolute atomic E-state index is 12.2. The van der Waals surface area contributed by atoms with Gasteiger partial charge in [0.2, 0.25) is 10.0 Å². The van der Waals surface area contributed by atoms with Gasteiger partial charge in [0.05, 0.1) is 10.5 Å². The first-order chi connectivity index (χ1) is 9.36. The predicted octanol–water partition coefficient (Wildman–Crippen LogP) is 0.649. The van der Waals surface area contributed by atoms with E-state index >= 15 is 0 Å². The third-order valence-corrected chi connectivity index (χ3v) is 5.04. The van der Waals surface area contributed by atoms with Crippen LogP contribution in [-0.2, 0) is 10.0 Å². The Hall–Kier alpha value is -1.31. The smallest absolute Gasteiger partial charge is 0.240 e. The molecule has 6 nitrogen and oxygen atoms in total. The number of hydrogen-bond donors (Lipinski definition) is 2. The molecule has 0 radical (unpaired) electrons. The zero-order valence-corrected chi connectivity index (χ0v) is 11.9. The zero-order valence-electron chi connectivity index (χ0n) is 11.1. The Kier molecular flexibility index (Phi) is 3.15. The maximum Gasteiger partial charge on any atom is 0.240 e. The van der Waals surface area contributed by atoms with Crippen LogP contribution in [0.3, 0.4) is 0 Å². The highest BCUT2D eigenvalue weighted by molar-refractivity contribution is 7.89. The number of rotatable bonds is 3. The number of benzene rings is 1. The highest BCUT2D eigenvalue weighted by Crippen LogP contribution is 2.34. The fourth-order valence-electron chi connectivity index (χ4n) is 2.56. The Balaban J connectivity index is 1.77. The van der Waals surface area contributed by atoms with Gasteiger partial charge in [-0.3, -0.25) is 0 Å². The molecule has 1 aliphatic heterocycles. The molecular formula is C13H17NO5S. The summed E-state index contributed by atoms with van der Waals surface area (Å²) < 4.78 is 37.8. The average molecular weight is 299 g/mol. The van der Waals surface area contributed by atoms with E-state index in [0.717, 1.165) is 0 Å². The van der Waals surface area contributed by atoms with E-state index in [-0.39, 0.29) is 10.9 Å². The van der Waals surface area contributed by atoms with E-state index in [1.165, 1.54) is 12.1 Å². The number of hydrogen-bond acceptors (Lipinski definition) is 5. The van der Waals surface area contributed by atoms with E-state index in [1.54, 1.807) is 13.0 Å². The summed E-state index contributed by atoms with van der Waals surface area (Å²) in [6.45, 7) is 2.58. The Morgan fingerprint density at radius 2 is 1.90 bits per heavy atom. The van der Waals surface area contributed by atoms with Crippen molar-refractivity contribution < 1.29 is 23.0 Å². The number of aliphatic hydroxyl groups is 1. The van der Waals surface area contributed by atoms with Gasteiger partial charge >= 0.3 is 0 Å². The average Bonchev–Trinajstić information content (AvgIpc) is 2.35. The summed E-state index contributed by atoms with van der Waals surface area (Å²) in [5, 5.41) is 9.64. The fourth-order valence-corrected chi connectivity index (χ4v) is 3.81. The first-order valence-electron chi connectivity index (χ1n) is 6.50. The Morgan fingerprint density at radius 3 is 2.55 bits per heavy atom. The molecule has 0 saturated heterocycles. The molecule has 2 N–H and O–H groups in total. The lowest BCUT2D eigenvalue weighted by Crippen LogP contribution is -2.53. The first kappa shape index (κ1) is 13.7. The lowest BCUT2D eigenvalue weighted by Gasteiger charge is -2.40. The molecular weight excluding hydrogens is 282 g/mol. The second-order valence-electron chi connectivity index (χ2n) is 5.53. The number of fused-ring (bicyclic) bond motifs is 1. The van der Waals surface area contributed by atoms with Gasteiger partial charge in [0, 0.05) is 12.1 Å². The molecule has 0 aromatic heterocycles. The molecule has 1 fully saturated rings. The van der Waals surface area contributed by atoms with Crippen molar-refractivity contribution in [3.63, 3.8) is 0 Å². The van der Waals surface area contributed by atoms with Gasteiger partial charge in [0.1, 0.15) is 13.2 Å². The lowest BCUT2D eigenvalue weighted by atomic mass is 9.78. The highest BCUT2D eigenvalue weighted by atomic mass is 32.2. The van der Waals surface area contributed by atoms with Gasteiger partial charge in [-0.15, -0.1) is 0 Å². The van der Waals surface area contributed by atoms with Crippen LogP contribution in [0, 0.1) is 0 Å². The molecule has 1 aromatic rings. The Morgan fingerprint density at radius 1 is 1.25 bits per heavy atom. The van der Waals surface area contributed by atoms with Crippen LogP contribution >= 0.6 is 0 Å². The second-order valence-corrected chi connectivity index (χ2v) is 7.24.